The number of hydrogen-bond donors (Lipinski definition) is 2. The zero-order valence-electron chi connectivity index (χ0n) is 15.4. The van der Waals surface area contributed by atoms with E-state index >= 15 is 0 Å². The van der Waals surface area contributed by atoms with Crippen LogP contribution in [0.2, 0.25) is 0 Å². The Kier molecular flexibility index (Phi) is 9.12. The largest absolute Gasteiger partial charge is 0.492 e. The third kappa shape index (κ3) is 6.84. The van der Waals surface area contributed by atoms with Gasteiger partial charge < -0.3 is 20.3 Å². The van der Waals surface area contributed by atoms with E-state index in [9.17, 15) is 4.39 Å². The number of guanidine groups is 1. The maximum Gasteiger partial charge on any atom is 0.191 e. The first kappa shape index (κ1) is 21.7. The molecule has 27 heavy (non-hydrogen) atoms. The molecule has 2 N–H and O–H groups in total. The second-order valence-electron chi connectivity index (χ2n) is 6.16. The molecule has 0 radical (unpaired) electrons. The highest BCUT2D eigenvalue weighted by atomic mass is 127. The summed E-state index contributed by atoms with van der Waals surface area (Å²) in [7, 11) is 1.77. The van der Waals surface area contributed by atoms with Gasteiger partial charge in [-0.05, 0) is 42.5 Å². The van der Waals surface area contributed by atoms with E-state index in [1.54, 1.807) is 30.5 Å². The van der Waals surface area contributed by atoms with Gasteiger partial charge in [-0.3, -0.25) is 4.99 Å². The lowest BCUT2D eigenvalue weighted by Gasteiger charge is -2.33. The van der Waals surface area contributed by atoms with E-state index in [2.05, 4.69) is 38.0 Å². The third-order valence-corrected chi connectivity index (χ3v) is 5.27. The van der Waals surface area contributed by atoms with Gasteiger partial charge in [-0.15, -0.1) is 35.3 Å². The Labute approximate surface area is 181 Å². The van der Waals surface area contributed by atoms with Gasteiger partial charge in [-0.1, -0.05) is 6.07 Å². The van der Waals surface area contributed by atoms with Gasteiger partial charge in [0.1, 0.15) is 18.2 Å². The summed E-state index contributed by atoms with van der Waals surface area (Å²) in [4.78, 5) is 6.71. The molecular formula is C19H26FIN4OS. The SMILES string of the molecule is CN=C(NCCOc1cccc(F)c1)NC1CCN(c2cccs2)CC1.I. The first-order chi connectivity index (χ1) is 12.7. The lowest BCUT2D eigenvalue weighted by atomic mass is 10.1. The summed E-state index contributed by atoms with van der Waals surface area (Å²) in [6, 6.07) is 10.9. The average molecular weight is 504 g/mol. The maximum atomic E-state index is 13.1. The topological polar surface area (TPSA) is 48.9 Å². The predicted molar refractivity (Wildman–Crippen MR) is 121 cm³/mol. The molecule has 1 saturated heterocycles. The van der Waals surface area contributed by atoms with E-state index in [4.69, 9.17) is 4.74 Å². The molecule has 0 saturated carbocycles. The standard InChI is InChI=1S/C19H25FN4OS.HI/c1-21-19(22-9-12-25-17-5-2-4-15(20)14-17)23-16-7-10-24(11-8-16)18-6-3-13-26-18;/h2-6,13-14,16H,7-12H2,1H3,(H2,21,22,23);1H. The third-order valence-electron chi connectivity index (χ3n) is 4.34. The van der Waals surface area contributed by atoms with Crippen LogP contribution in [0, 0.1) is 5.82 Å². The number of nitrogens with one attached hydrogen (secondary N) is 2. The Bertz CT molecular complexity index is 705. The number of thiophene rings is 1. The molecule has 1 aromatic heterocycles. The van der Waals surface area contributed by atoms with E-state index in [1.807, 2.05) is 0 Å². The molecule has 3 rings (SSSR count). The molecule has 0 bridgehead atoms. The van der Waals surface area contributed by atoms with E-state index in [1.165, 1.54) is 17.1 Å². The fourth-order valence-corrected chi connectivity index (χ4v) is 3.76. The van der Waals surface area contributed by atoms with Crippen molar-refractivity contribution >= 4 is 46.3 Å². The molecule has 0 unspecified atom stereocenters. The van der Waals surface area contributed by atoms with Crippen LogP contribution in [-0.2, 0) is 0 Å². The minimum atomic E-state index is -0.290. The zero-order valence-corrected chi connectivity index (χ0v) is 18.5. The molecule has 1 aliphatic rings. The highest BCUT2D eigenvalue weighted by molar-refractivity contribution is 14.0. The summed E-state index contributed by atoms with van der Waals surface area (Å²) >= 11 is 1.79. The Balaban J connectivity index is 0.00000261. The van der Waals surface area contributed by atoms with Crippen molar-refractivity contribution in [2.24, 2.45) is 4.99 Å². The van der Waals surface area contributed by atoms with Crippen molar-refractivity contribution in [2.45, 2.75) is 18.9 Å². The smallest absolute Gasteiger partial charge is 0.191 e. The molecule has 5 nitrogen and oxygen atoms in total. The number of rotatable bonds is 6. The normalized spacial score (nSPS) is 15.2. The van der Waals surface area contributed by atoms with Crippen molar-refractivity contribution in [3.63, 3.8) is 0 Å². The predicted octanol–water partition coefficient (Wildman–Crippen LogP) is 3.72. The number of nitrogens with zero attached hydrogens (tertiary/aromatic N) is 2. The number of aliphatic imine (C=N–C) groups is 1. The van der Waals surface area contributed by atoms with E-state index in [0.29, 0.717) is 24.9 Å². The fraction of sp³-hybridized carbons (Fsp3) is 0.421. The van der Waals surface area contributed by atoms with Gasteiger partial charge in [-0.2, -0.15) is 0 Å². The molecule has 1 fully saturated rings. The molecule has 2 heterocycles. The van der Waals surface area contributed by atoms with E-state index < -0.39 is 0 Å². The van der Waals surface area contributed by atoms with Crippen molar-refractivity contribution in [3.05, 3.63) is 47.6 Å². The van der Waals surface area contributed by atoms with Crippen LogP contribution >= 0.6 is 35.3 Å². The Hall–Kier alpha value is -1.55. The van der Waals surface area contributed by atoms with Gasteiger partial charge in [0.15, 0.2) is 5.96 Å². The monoisotopic (exact) mass is 504 g/mol. The summed E-state index contributed by atoms with van der Waals surface area (Å²) in [5.41, 5.74) is 0. The van der Waals surface area contributed by atoms with E-state index in [0.717, 1.165) is 31.9 Å². The molecule has 2 aromatic rings. The summed E-state index contributed by atoms with van der Waals surface area (Å²) < 4.78 is 18.6. The number of hydrogen-bond acceptors (Lipinski definition) is 4. The molecule has 148 valence electrons. The lowest BCUT2D eigenvalue weighted by molar-refractivity contribution is 0.319. The van der Waals surface area contributed by atoms with Gasteiger partial charge in [0.25, 0.3) is 0 Å². The number of benzene rings is 1. The van der Waals surface area contributed by atoms with Crippen molar-refractivity contribution in [2.75, 3.05) is 38.2 Å². The van der Waals surface area contributed by atoms with Gasteiger partial charge >= 0.3 is 0 Å². The van der Waals surface area contributed by atoms with Gasteiger partial charge in [0.05, 0.1) is 11.5 Å². The second-order valence-corrected chi connectivity index (χ2v) is 7.09. The number of ether oxygens (including phenoxy) is 1. The number of halogens is 2. The minimum Gasteiger partial charge on any atom is -0.492 e. The quantitative estimate of drug-likeness (QED) is 0.273. The van der Waals surface area contributed by atoms with Crippen molar-refractivity contribution in [3.8, 4) is 5.75 Å². The first-order valence-electron chi connectivity index (χ1n) is 8.88. The van der Waals surface area contributed by atoms with Crippen LogP contribution in [-0.4, -0.2) is 45.3 Å². The summed E-state index contributed by atoms with van der Waals surface area (Å²) in [5.74, 6) is 1.03. The molecule has 1 aliphatic heterocycles. The maximum absolute atomic E-state index is 13.1. The molecule has 1 aromatic carbocycles. The summed E-state index contributed by atoms with van der Waals surface area (Å²) in [6.45, 7) is 3.15. The highest BCUT2D eigenvalue weighted by Crippen LogP contribution is 2.24. The van der Waals surface area contributed by atoms with Gasteiger partial charge in [0, 0.05) is 32.2 Å². The highest BCUT2D eigenvalue weighted by Gasteiger charge is 2.20. The second kappa shape index (κ2) is 11.3. The summed E-state index contributed by atoms with van der Waals surface area (Å²) in [5, 5.41) is 10.2. The van der Waals surface area contributed by atoms with Crippen LogP contribution in [0.1, 0.15) is 12.8 Å². The van der Waals surface area contributed by atoms with Crippen LogP contribution in [0.4, 0.5) is 9.39 Å². The van der Waals surface area contributed by atoms with Gasteiger partial charge in [0.2, 0.25) is 0 Å². The first-order valence-corrected chi connectivity index (χ1v) is 9.76. The molecule has 8 heteroatoms. The molecule has 0 amide bonds. The van der Waals surface area contributed by atoms with E-state index in [-0.39, 0.29) is 29.8 Å². The van der Waals surface area contributed by atoms with Crippen LogP contribution in [0.3, 0.4) is 0 Å². The van der Waals surface area contributed by atoms with Gasteiger partial charge in [-0.25, -0.2) is 4.39 Å². The summed E-state index contributed by atoms with van der Waals surface area (Å²) in [6.07, 6.45) is 2.16. The average Bonchev–Trinajstić information content (AvgIpc) is 3.19. The van der Waals surface area contributed by atoms with Crippen LogP contribution in [0.15, 0.2) is 46.8 Å². The van der Waals surface area contributed by atoms with Crippen LogP contribution in [0.25, 0.3) is 0 Å². The van der Waals surface area contributed by atoms with Crippen molar-refractivity contribution < 1.29 is 9.13 Å². The van der Waals surface area contributed by atoms with Crippen LogP contribution < -0.4 is 20.3 Å². The Morgan fingerprint density at radius 1 is 1.30 bits per heavy atom. The fourth-order valence-electron chi connectivity index (χ4n) is 2.98. The van der Waals surface area contributed by atoms with Crippen molar-refractivity contribution in [1.82, 2.24) is 10.6 Å². The van der Waals surface area contributed by atoms with Crippen LogP contribution in [0.5, 0.6) is 5.75 Å². The Morgan fingerprint density at radius 3 is 2.78 bits per heavy atom. The molecule has 0 aliphatic carbocycles. The zero-order chi connectivity index (χ0) is 18.2. The minimum absolute atomic E-state index is 0. The number of piperidine rings is 1. The Morgan fingerprint density at radius 2 is 2.11 bits per heavy atom. The molecule has 0 spiro atoms. The number of anilines is 1. The molecule has 0 atom stereocenters. The van der Waals surface area contributed by atoms with Crippen molar-refractivity contribution in [1.29, 1.82) is 0 Å². The molecular weight excluding hydrogens is 478 g/mol. The lowest BCUT2D eigenvalue weighted by Crippen LogP contribution is -2.49.